The van der Waals surface area contributed by atoms with Crippen molar-refractivity contribution in [1.29, 1.82) is 0 Å². The largest absolute Gasteiger partial charge is 0.496 e. The molecule has 2 amide bonds. The zero-order chi connectivity index (χ0) is 20.5. The summed E-state index contributed by atoms with van der Waals surface area (Å²) in [5.41, 5.74) is 1.40. The third kappa shape index (κ3) is 6.13. The molecule has 152 valence electrons. The lowest BCUT2D eigenvalue weighted by Gasteiger charge is -2.31. The van der Waals surface area contributed by atoms with E-state index in [1.54, 1.807) is 24.3 Å². The molecule has 1 heterocycles. The predicted molar refractivity (Wildman–Crippen MR) is 96.3 cm³/mol. The van der Waals surface area contributed by atoms with Gasteiger partial charge < -0.3 is 29.6 Å². The number of methoxy groups -OCH3 is 1. The van der Waals surface area contributed by atoms with Crippen LogP contribution < -0.4 is 10.1 Å². The molecule has 0 saturated carbocycles. The van der Waals surface area contributed by atoms with Crippen molar-refractivity contribution in [2.45, 2.75) is 6.10 Å². The molecule has 11 heteroatoms. The molecule has 1 aromatic rings. The lowest BCUT2D eigenvalue weighted by atomic mass is 10.0. The Kier molecular flexibility index (Phi) is 7.57. The van der Waals surface area contributed by atoms with Crippen molar-refractivity contribution < 1.29 is 34.1 Å². The summed E-state index contributed by atoms with van der Waals surface area (Å²) in [4.78, 5) is 38.3. The van der Waals surface area contributed by atoms with E-state index in [9.17, 15) is 19.7 Å². The quantitative estimate of drug-likeness (QED) is 0.288. The van der Waals surface area contributed by atoms with Crippen LogP contribution in [0, 0.1) is 10.1 Å². The number of benzene rings is 1. The van der Waals surface area contributed by atoms with E-state index in [1.165, 1.54) is 18.1 Å². The van der Waals surface area contributed by atoms with Gasteiger partial charge in [0.15, 0.2) is 0 Å². The average Bonchev–Trinajstić information content (AvgIpc) is 2.69. The number of morpholine rings is 1. The van der Waals surface area contributed by atoms with Crippen LogP contribution in [0.15, 0.2) is 24.3 Å². The second-order valence-electron chi connectivity index (χ2n) is 5.77. The minimum absolute atomic E-state index is 0.00546. The first kappa shape index (κ1) is 21.0. The lowest BCUT2D eigenvalue weighted by Crippen LogP contribution is -2.41. The number of carbonyl (C=O) groups is 2. The van der Waals surface area contributed by atoms with Crippen molar-refractivity contribution >= 4 is 18.1 Å². The number of hydrogen-bond donors (Lipinski definition) is 2. The smallest absolute Gasteiger partial charge is 0.407 e. The summed E-state index contributed by atoms with van der Waals surface area (Å²) in [6.45, 7) is 0.587. The highest BCUT2D eigenvalue weighted by atomic mass is 16.9. The first-order chi connectivity index (χ1) is 13.4. The van der Waals surface area contributed by atoms with Gasteiger partial charge in [-0.1, -0.05) is 12.1 Å². The topological polar surface area (TPSA) is 140 Å². The summed E-state index contributed by atoms with van der Waals surface area (Å²) in [5.74, 6) is 0.0851. The van der Waals surface area contributed by atoms with Gasteiger partial charge in [-0.3, -0.25) is 4.79 Å². The van der Waals surface area contributed by atoms with E-state index in [1.807, 2.05) is 0 Å². The number of ether oxygens (including phenoxy) is 2. The summed E-state index contributed by atoms with van der Waals surface area (Å²) in [6.07, 6.45) is 1.40. The van der Waals surface area contributed by atoms with Gasteiger partial charge in [-0.15, -0.1) is 10.1 Å². The van der Waals surface area contributed by atoms with Gasteiger partial charge >= 0.3 is 6.09 Å². The second-order valence-corrected chi connectivity index (χ2v) is 5.77. The molecular weight excluding hydrogens is 374 g/mol. The highest BCUT2D eigenvalue weighted by molar-refractivity contribution is 5.91. The Labute approximate surface area is 160 Å². The molecule has 0 aliphatic carbocycles. The number of rotatable bonds is 8. The molecule has 1 aromatic carbocycles. The van der Waals surface area contributed by atoms with Gasteiger partial charge in [0.1, 0.15) is 18.5 Å². The molecule has 1 unspecified atom stereocenters. The zero-order valence-electron chi connectivity index (χ0n) is 15.2. The molecule has 0 radical (unpaired) electrons. The number of carboxylic acid groups (broad SMARTS) is 1. The number of nitrogens with zero attached hydrogens (tertiary/aromatic N) is 2. The molecule has 1 atom stereocenters. The number of amides is 2. The summed E-state index contributed by atoms with van der Waals surface area (Å²) < 4.78 is 11.1. The fourth-order valence-corrected chi connectivity index (χ4v) is 2.63. The van der Waals surface area contributed by atoms with E-state index in [0.717, 1.165) is 0 Å². The molecule has 1 aliphatic heterocycles. The Bertz CT molecular complexity index is 752. The Morgan fingerprint density at radius 1 is 1.50 bits per heavy atom. The summed E-state index contributed by atoms with van der Waals surface area (Å²) >= 11 is 0. The zero-order valence-corrected chi connectivity index (χ0v) is 15.2. The highest BCUT2D eigenvalue weighted by Crippen LogP contribution is 2.31. The Hall–Kier alpha value is -3.34. The van der Waals surface area contributed by atoms with Crippen LogP contribution in [0.4, 0.5) is 4.79 Å². The van der Waals surface area contributed by atoms with E-state index in [-0.39, 0.29) is 19.7 Å². The minimum Gasteiger partial charge on any atom is -0.496 e. The van der Waals surface area contributed by atoms with Gasteiger partial charge in [0.2, 0.25) is 5.91 Å². The Morgan fingerprint density at radius 2 is 2.29 bits per heavy atom. The fraction of sp³-hybridized carbons (Fsp3) is 0.412. The monoisotopic (exact) mass is 395 g/mol. The van der Waals surface area contributed by atoms with Crippen molar-refractivity contribution in [2.75, 3.05) is 40.0 Å². The molecule has 0 spiro atoms. The van der Waals surface area contributed by atoms with Gasteiger partial charge in [-0.2, -0.15) is 0 Å². The Balaban J connectivity index is 1.99. The maximum absolute atomic E-state index is 11.7. The van der Waals surface area contributed by atoms with Crippen LogP contribution in [0.25, 0.3) is 6.08 Å². The third-order valence-corrected chi connectivity index (χ3v) is 3.97. The Morgan fingerprint density at radius 3 is 2.96 bits per heavy atom. The molecule has 2 N–H and O–H groups in total. The molecular formula is C17H21N3O8. The molecule has 1 aliphatic rings. The van der Waals surface area contributed by atoms with E-state index < -0.39 is 23.2 Å². The molecule has 2 rings (SSSR count). The minimum atomic E-state index is -0.999. The van der Waals surface area contributed by atoms with Gasteiger partial charge in [0.05, 0.1) is 20.3 Å². The van der Waals surface area contributed by atoms with Gasteiger partial charge in [0, 0.05) is 24.7 Å². The van der Waals surface area contributed by atoms with Crippen LogP contribution in [-0.2, 0) is 14.4 Å². The third-order valence-electron chi connectivity index (χ3n) is 3.97. The average molecular weight is 395 g/mol. The number of carbonyl (C=O) groups excluding carboxylic acids is 1. The molecule has 1 saturated heterocycles. The van der Waals surface area contributed by atoms with E-state index in [4.69, 9.17) is 14.6 Å². The van der Waals surface area contributed by atoms with Gasteiger partial charge in [-0.25, -0.2) is 4.79 Å². The normalized spacial score (nSPS) is 16.6. The first-order valence-corrected chi connectivity index (χ1v) is 8.41. The van der Waals surface area contributed by atoms with Gasteiger partial charge in [0.25, 0.3) is 5.09 Å². The first-order valence-electron chi connectivity index (χ1n) is 8.41. The molecule has 0 aromatic heterocycles. The van der Waals surface area contributed by atoms with Gasteiger partial charge in [-0.05, 0) is 17.7 Å². The van der Waals surface area contributed by atoms with Crippen LogP contribution in [-0.4, -0.2) is 67.1 Å². The molecule has 11 nitrogen and oxygen atoms in total. The number of hydrogen-bond acceptors (Lipinski definition) is 7. The van der Waals surface area contributed by atoms with Crippen molar-refractivity contribution in [3.05, 3.63) is 45.5 Å². The lowest BCUT2D eigenvalue weighted by molar-refractivity contribution is -0.757. The SMILES string of the molecule is COc1cc(/C=C/C(=O)NCCO[N+](=O)[O-])ccc1C1CN(C(=O)O)CCO1. The molecule has 1 fully saturated rings. The maximum Gasteiger partial charge on any atom is 0.407 e. The predicted octanol–water partition coefficient (Wildman–Crippen LogP) is 1.08. The van der Waals surface area contributed by atoms with Crippen LogP contribution in [0.5, 0.6) is 5.75 Å². The summed E-state index contributed by atoms with van der Waals surface area (Å²) in [6, 6.07) is 5.22. The molecule has 0 bridgehead atoms. The summed E-state index contributed by atoms with van der Waals surface area (Å²) in [7, 11) is 1.49. The van der Waals surface area contributed by atoms with Crippen molar-refractivity contribution in [2.24, 2.45) is 0 Å². The van der Waals surface area contributed by atoms with Crippen molar-refractivity contribution in [1.82, 2.24) is 10.2 Å². The summed E-state index contributed by atoms with van der Waals surface area (Å²) in [5, 5.41) is 20.7. The second kappa shape index (κ2) is 10.1. The maximum atomic E-state index is 11.7. The van der Waals surface area contributed by atoms with Crippen LogP contribution >= 0.6 is 0 Å². The van der Waals surface area contributed by atoms with Crippen molar-refractivity contribution in [3.8, 4) is 5.75 Å². The van der Waals surface area contributed by atoms with Crippen LogP contribution in [0.2, 0.25) is 0 Å². The van der Waals surface area contributed by atoms with Crippen LogP contribution in [0.3, 0.4) is 0 Å². The van der Waals surface area contributed by atoms with E-state index in [0.29, 0.717) is 30.0 Å². The van der Waals surface area contributed by atoms with E-state index in [2.05, 4.69) is 10.2 Å². The highest BCUT2D eigenvalue weighted by Gasteiger charge is 2.27. The van der Waals surface area contributed by atoms with E-state index >= 15 is 0 Å². The standard InChI is InChI=1S/C17H21N3O8/c1-26-14-10-12(3-5-16(21)18-6-8-28-20(24)25)2-4-13(14)15-11-19(17(22)23)7-9-27-15/h2-5,10,15H,6-9,11H2,1H3,(H,18,21)(H,22,23)/b5-3+. The van der Waals surface area contributed by atoms with Crippen LogP contribution in [0.1, 0.15) is 17.2 Å². The van der Waals surface area contributed by atoms with Crippen molar-refractivity contribution in [3.63, 3.8) is 0 Å². The molecule has 28 heavy (non-hydrogen) atoms. The fourth-order valence-electron chi connectivity index (χ4n) is 2.63. The number of nitrogens with one attached hydrogen (secondary N) is 1.